The fourth-order valence-corrected chi connectivity index (χ4v) is 7.16. The van der Waals surface area contributed by atoms with Crippen LogP contribution in [0.1, 0.15) is 44.9 Å². The molecule has 200 valence electrons. The van der Waals surface area contributed by atoms with E-state index >= 15 is 0 Å². The standard InChI is InChI=1S/C25H32N6S4.2HI/c1-30-14-10-12-20(18-30)22-24(28-34-26-22)32-16-8-6-4-3-5-7-9-17-33-25-23(27-35-29-25)21-13-11-15-31(2)19-21;;/h10-15,18-19H,3-9,16-17H2,1-2H3;2*1H/q+2;;/p-2. The minimum absolute atomic E-state index is 0. The fourth-order valence-electron chi connectivity index (χ4n) is 3.78. The van der Waals surface area contributed by atoms with E-state index in [4.69, 9.17) is 0 Å². The number of hydrogen-bond acceptors (Lipinski definition) is 8. The Hall–Kier alpha value is -0.420. The van der Waals surface area contributed by atoms with Crippen molar-refractivity contribution in [3.8, 4) is 22.5 Å². The van der Waals surface area contributed by atoms with E-state index in [0.717, 1.165) is 44.1 Å². The second-order valence-electron chi connectivity index (χ2n) is 8.52. The first-order chi connectivity index (χ1) is 17.2. The first-order valence-corrected chi connectivity index (χ1v) is 15.5. The van der Waals surface area contributed by atoms with Crippen molar-refractivity contribution in [3.63, 3.8) is 0 Å². The average Bonchev–Trinajstić information content (AvgIpc) is 3.52. The topological polar surface area (TPSA) is 59.3 Å². The molecule has 0 fully saturated rings. The normalized spacial score (nSPS) is 10.6. The van der Waals surface area contributed by atoms with Gasteiger partial charge in [-0.25, -0.2) is 9.13 Å². The van der Waals surface area contributed by atoms with Gasteiger partial charge in [0.05, 0.1) is 34.6 Å². The first kappa shape index (κ1) is 32.8. The van der Waals surface area contributed by atoms with E-state index in [0.29, 0.717) is 0 Å². The molecule has 0 aliphatic heterocycles. The molecule has 0 aliphatic rings. The third kappa shape index (κ3) is 10.6. The summed E-state index contributed by atoms with van der Waals surface area (Å²) in [5.41, 5.74) is 4.32. The van der Waals surface area contributed by atoms with E-state index in [2.05, 4.69) is 63.3 Å². The number of halogens is 2. The number of nitrogens with zero attached hydrogens (tertiary/aromatic N) is 6. The largest absolute Gasteiger partial charge is 1.00 e. The molecule has 0 amide bonds. The third-order valence-electron chi connectivity index (χ3n) is 5.61. The molecule has 4 rings (SSSR count). The molecule has 0 bridgehead atoms. The van der Waals surface area contributed by atoms with Crippen LogP contribution in [0.2, 0.25) is 0 Å². The van der Waals surface area contributed by atoms with Crippen LogP contribution in [0, 0.1) is 0 Å². The molecule has 37 heavy (non-hydrogen) atoms. The van der Waals surface area contributed by atoms with Crippen molar-refractivity contribution >= 4 is 47.0 Å². The molecule has 0 spiro atoms. The summed E-state index contributed by atoms with van der Waals surface area (Å²) in [7, 11) is 4.07. The van der Waals surface area contributed by atoms with Crippen LogP contribution in [-0.2, 0) is 14.1 Å². The van der Waals surface area contributed by atoms with E-state index < -0.39 is 0 Å². The number of unbranched alkanes of at least 4 members (excludes halogenated alkanes) is 6. The van der Waals surface area contributed by atoms with Gasteiger partial charge < -0.3 is 48.0 Å². The van der Waals surface area contributed by atoms with Gasteiger partial charge >= 0.3 is 0 Å². The number of pyridine rings is 2. The maximum absolute atomic E-state index is 4.52. The molecule has 0 atom stereocenters. The van der Waals surface area contributed by atoms with Gasteiger partial charge in [-0.15, -0.1) is 23.5 Å². The van der Waals surface area contributed by atoms with Gasteiger partial charge in [0, 0.05) is 12.1 Å². The lowest BCUT2D eigenvalue weighted by Gasteiger charge is -2.03. The van der Waals surface area contributed by atoms with E-state index in [1.54, 1.807) is 0 Å². The summed E-state index contributed by atoms with van der Waals surface area (Å²) in [4.78, 5) is 0. The molecule has 4 heterocycles. The Morgan fingerprint density at radius 3 is 1.43 bits per heavy atom. The maximum Gasteiger partial charge on any atom is 0.178 e. The van der Waals surface area contributed by atoms with Crippen molar-refractivity contribution in [2.75, 3.05) is 11.5 Å². The van der Waals surface area contributed by atoms with E-state index in [-0.39, 0.29) is 48.0 Å². The van der Waals surface area contributed by atoms with Crippen molar-refractivity contribution in [2.45, 2.75) is 55.0 Å². The van der Waals surface area contributed by atoms with Gasteiger partial charge in [0.2, 0.25) is 0 Å². The van der Waals surface area contributed by atoms with Crippen molar-refractivity contribution in [3.05, 3.63) is 49.1 Å². The molecule has 0 unspecified atom stereocenters. The van der Waals surface area contributed by atoms with E-state index in [1.165, 1.54) is 68.4 Å². The van der Waals surface area contributed by atoms with Gasteiger partial charge in [-0.1, -0.05) is 32.1 Å². The van der Waals surface area contributed by atoms with Crippen molar-refractivity contribution in [1.29, 1.82) is 0 Å². The third-order valence-corrected chi connectivity index (χ3v) is 9.00. The number of rotatable bonds is 14. The van der Waals surface area contributed by atoms with Gasteiger partial charge in [-0.05, 0) is 36.5 Å². The van der Waals surface area contributed by atoms with Crippen LogP contribution in [0.3, 0.4) is 0 Å². The quantitative estimate of drug-likeness (QED) is 0.0776. The number of hydrogen-bond donors (Lipinski definition) is 0. The molecule has 4 aromatic heterocycles. The number of aryl methyl sites for hydroxylation is 2. The molecule has 0 N–H and O–H groups in total. The lowest BCUT2D eigenvalue weighted by Crippen LogP contribution is -3.00. The zero-order chi connectivity index (χ0) is 24.3. The summed E-state index contributed by atoms with van der Waals surface area (Å²) >= 11 is 6.30. The summed E-state index contributed by atoms with van der Waals surface area (Å²) in [6, 6.07) is 8.32. The molecule has 12 heteroatoms. The van der Waals surface area contributed by atoms with Gasteiger partial charge in [-0.3, -0.25) is 0 Å². The highest BCUT2D eigenvalue weighted by Gasteiger charge is 2.14. The summed E-state index contributed by atoms with van der Waals surface area (Å²) in [5.74, 6) is 2.22. The lowest BCUT2D eigenvalue weighted by molar-refractivity contribution is -0.671. The Labute approximate surface area is 271 Å². The Balaban J connectivity index is 0.00000241. The van der Waals surface area contributed by atoms with Crippen LogP contribution in [0.25, 0.3) is 22.5 Å². The minimum atomic E-state index is 0. The zero-order valence-corrected chi connectivity index (χ0v) is 28.6. The number of aromatic nitrogens is 6. The van der Waals surface area contributed by atoms with Crippen LogP contribution in [0.5, 0.6) is 0 Å². The monoisotopic (exact) mass is 798 g/mol. The predicted octanol–water partition coefficient (Wildman–Crippen LogP) is -0.00430. The molecule has 0 aliphatic carbocycles. The molecular weight excluding hydrogens is 766 g/mol. The highest BCUT2D eigenvalue weighted by molar-refractivity contribution is 7.99. The smallest absolute Gasteiger partial charge is 0.178 e. The highest BCUT2D eigenvalue weighted by Crippen LogP contribution is 2.31. The van der Waals surface area contributed by atoms with E-state index in [9.17, 15) is 0 Å². The Morgan fingerprint density at radius 2 is 1.03 bits per heavy atom. The molecule has 0 aromatic carbocycles. The Kier molecular flexibility index (Phi) is 16.0. The number of thioether (sulfide) groups is 2. The Bertz CT molecular complexity index is 1110. The van der Waals surface area contributed by atoms with Crippen LogP contribution >= 0.6 is 47.0 Å². The Morgan fingerprint density at radius 1 is 0.622 bits per heavy atom. The summed E-state index contributed by atoms with van der Waals surface area (Å²) in [6.45, 7) is 0. The fraction of sp³-hybridized carbons (Fsp3) is 0.440. The van der Waals surface area contributed by atoms with Crippen molar-refractivity contribution in [2.24, 2.45) is 14.1 Å². The molecule has 6 nitrogen and oxygen atoms in total. The van der Waals surface area contributed by atoms with E-state index in [1.807, 2.05) is 50.0 Å². The lowest BCUT2D eigenvalue weighted by atomic mass is 10.1. The predicted molar refractivity (Wildman–Crippen MR) is 147 cm³/mol. The van der Waals surface area contributed by atoms with Gasteiger partial charge in [-0.2, -0.15) is 17.5 Å². The van der Waals surface area contributed by atoms with Crippen molar-refractivity contribution < 1.29 is 57.1 Å². The van der Waals surface area contributed by atoms with Gasteiger partial charge in [0.15, 0.2) is 24.8 Å². The molecule has 4 aromatic rings. The maximum atomic E-state index is 4.52. The summed E-state index contributed by atoms with van der Waals surface area (Å²) < 4.78 is 22.2. The second-order valence-corrected chi connectivity index (χ2v) is 11.7. The first-order valence-electron chi connectivity index (χ1n) is 12.0. The average molecular weight is 799 g/mol. The van der Waals surface area contributed by atoms with Crippen LogP contribution in [0.4, 0.5) is 0 Å². The molecule has 0 saturated carbocycles. The molecule has 0 radical (unpaired) electrons. The second kappa shape index (κ2) is 18.0. The van der Waals surface area contributed by atoms with Crippen LogP contribution in [0.15, 0.2) is 59.1 Å². The van der Waals surface area contributed by atoms with Gasteiger partial charge in [0.25, 0.3) is 0 Å². The zero-order valence-electron chi connectivity index (χ0n) is 21.1. The SMILES string of the molecule is C[n+]1cccc(-c2nsnc2SCCCCCCCCCSc2nsnc2-c2ccc[n+](C)c2)c1.[I-].[I-]. The van der Waals surface area contributed by atoms with Crippen LogP contribution < -0.4 is 57.1 Å². The minimum Gasteiger partial charge on any atom is -1.00 e. The summed E-state index contributed by atoms with van der Waals surface area (Å²) in [6.07, 6.45) is 17.3. The molecule has 0 saturated heterocycles. The molecular formula is C25H32I2N6S4. The van der Waals surface area contributed by atoms with Gasteiger partial charge in [0.1, 0.15) is 35.5 Å². The summed E-state index contributed by atoms with van der Waals surface area (Å²) in [5, 5.41) is 2.14. The van der Waals surface area contributed by atoms with Crippen LogP contribution in [-0.4, -0.2) is 29.0 Å². The van der Waals surface area contributed by atoms with Crippen molar-refractivity contribution in [1.82, 2.24) is 17.5 Å². The highest BCUT2D eigenvalue weighted by atomic mass is 127.